The maximum absolute atomic E-state index is 12.2. The van der Waals surface area contributed by atoms with Crippen LogP contribution < -0.4 is 10.1 Å². The van der Waals surface area contributed by atoms with Gasteiger partial charge in [-0.15, -0.1) is 0 Å². The van der Waals surface area contributed by atoms with Gasteiger partial charge in [0.05, 0.1) is 10.7 Å². The maximum atomic E-state index is 12.2. The lowest BCUT2D eigenvalue weighted by Crippen LogP contribution is -2.12. The highest BCUT2D eigenvalue weighted by Gasteiger charge is 2.10. The SMILES string of the molecule is O=C(CCSCc1cn2ccccc2n1)Nc1ccc(OC(F)F)c(Cl)c1. The van der Waals surface area contributed by atoms with E-state index in [1.54, 1.807) is 11.8 Å². The van der Waals surface area contributed by atoms with Crippen molar-refractivity contribution in [1.82, 2.24) is 9.38 Å². The Hall–Kier alpha value is -2.32. The van der Waals surface area contributed by atoms with Crippen molar-refractivity contribution in [2.45, 2.75) is 18.8 Å². The molecular formula is C18H16ClF2N3O2S. The zero-order valence-electron chi connectivity index (χ0n) is 14.1. The van der Waals surface area contributed by atoms with Crippen molar-refractivity contribution in [3.8, 4) is 5.75 Å². The monoisotopic (exact) mass is 411 g/mol. The average Bonchev–Trinajstić information content (AvgIpc) is 3.03. The van der Waals surface area contributed by atoms with Crippen LogP contribution in [0.25, 0.3) is 5.65 Å². The molecule has 0 saturated heterocycles. The first-order valence-electron chi connectivity index (χ1n) is 8.06. The molecular weight excluding hydrogens is 396 g/mol. The lowest BCUT2D eigenvalue weighted by molar-refractivity contribution is -0.115. The van der Waals surface area contributed by atoms with Crippen LogP contribution in [0.15, 0.2) is 48.8 Å². The molecule has 2 heterocycles. The summed E-state index contributed by atoms with van der Waals surface area (Å²) in [7, 11) is 0. The minimum absolute atomic E-state index is 0.00863. The highest BCUT2D eigenvalue weighted by atomic mass is 35.5. The Morgan fingerprint density at radius 1 is 1.33 bits per heavy atom. The maximum Gasteiger partial charge on any atom is 0.387 e. The van der Waals surface area contributed by atoms with E-state index in [1.165, 1.54) is 18.2 Å². The van der Waals surface area contributed by atoms with Crippen LogP contribution in [0.4, 0.5) is 14.5 Å². The van der Waals surface area contributed by atoms with E-state index in [9.17, 15) is 13.6 Å². The standard InChI is InChI=1S/C18H16ClF2N3O2S/c19-14-9-12(4-5-15(14)26-18(20)21)23-17(25)6-8-27-11-13-10-24-7-2-1-3-16(24)22-13/h1-5,7,9-10,18H,6,8,11H2,(H,23,25). The van der Waals surface area contributed by atoms with Gasteiger partial charge >= 0.3 is 6.61 Å². The molecule has 0 saturated carbocycles. The lowest BCUT2D eigenvalue weighted by atomic mass is 10.3. The zero-order chi connectivity index (χ0) is 19.2. The van der Waals surface area contributed by atoms with Gasteiger partial charge in [-0.2, -0.15) is 20.5 Å². The molecule has 1 aromatic carbocycles. The van der Waals surface area contributed by atoms with E-state index in [2.05, 4.69) is 15.0 Å². The van der Waals surface area contributed by atoms with E-state index in [1.807, 2.05) is 35.0 Å². The first-order valence-corrected chi connectivity index (χ1v) is 9.59. The van der Waals surface area contributed by atoms with Gasteiger partial charge in [0.1, 0.15) is 11.4 Å². The van der Waals surface area contributed by atoms with Gasteiger partial charge < -0.3 is 14.5 Å². The van der Waals surface area contributed by atoms with Gasteiger partial charge in [-0.3, -0.25) is 4.79 Å². The van der Waals surface area contributed by atoms with Gasteiger partial charge in [0.25, 0.3) is 0 Å². The number of halogens is 3. The fourth-order valence-corrected chi connectivity index (χ4v) is 3.44. The highest BCUT2D eigenvalue weighted by Crippen LogP contribution is 2.29. The van der Waals surface area contributed by atoms with Crippen molar-refractivity contribution in [3.05, 3.63) is 59.5 Å². The van der Waals surface area contributed by atoms with Crippen LogP contribution in [0.3, 0.4) is 0 Å². The van der Waals surface area contributed by atoms with Gasteiger partial charge in [-0.05, 0) is 30.3 Å². The van der Waals surface area contributed by atoms with Gasteiger partial charge in [0, 0.05) is 36.0 Å². The van der Waals surface area contributed by atoms with Crippen LogP contribution >= 0.6 is 23.4 Å². The molecule has 9 heteroatoms. The van der Waals surface area contributed by atoms with Crippen LogP contribution in [0.2, 0.25) is 5.02 Å². The third kappa shape index (κ3) is 5.58. The van der Waals surface area contributed by atoms with Gasteiger partial charge in [0.2, 0.25) is 5.91 Å². The minimum Gasteiger partial charge on any atom is -0.433 e. The fourth-order valence-electron chi connectivity index (χ4n) is 2.39. The molecule has 0 unspecified atom stereocenters. The number of benzene rings is 1. The lowest BCUT2D eigenvalue weighted by Gasteiger charge is -2.09. The smallest absolute Gasteiger partial charge is 0.387 e. The third-order valence-electron chi connectivity index (χ3n) is 3.57. The molecule has 0 spiro atoms. The van der Waals surface area contributed by atoms with Crippen molar-refractivity contribution in [3.63, 3.8) is 0 Å². The molecule has 0 aliphatic rings. The van der Waals surface area contributed by atoms with E-state index in [-0.39, 0.29) is 16.7 Å². The second kappa shape index (κ2) is 9.05. The second-order valence-corrected chi connectivity index (χ2v) is 7.09. The van der Waals surface area contributed by atoms with Crippen LogP contribution in [-0.4, -0.2) is 27.7 Å². The quantitative estimate of drug-likeness (QED) is 0.538. The molecule has 1 amide bonds. The number of alkyl halides is 2. The van der Waals surface area contributed by atoms with Crippen molar-refractivity contribution in [2.24, 2.45) is 0 Å². The Balaban J connectivity index is 1.43. The molecule has 5 nitrogen and oxygen atoms in total. The second-order valence-electron chi connectivity index (χ2n) is 5.57. The number of nitrogens with zero attached hydrogens (tertiary/aromatic N) is 2. The topological polar surface area (TPSA) is 55.6 Å². The molecule has 0 bridgehead atoms. The summed E-state index contributed by atoms with van der Waals surface area (Å²) in [6.45, 7) is -2.95. The summed E-state index contributed by atoms with van der Waals surface area (Å²) in [5.74, 6) is 1.02. The first-order chi connectivity index (χ1) is 13.0. The number of aromatic nitrogens is 2. The number of hydrogen-bond donors (Lipinski definition) is 1. The summed E-state index contributed by atoms with van der Waals surface area (Å²) in [6, 6.07) is 9.94. The van der Waals surface area contributed by atoms with Gasteiger partial charge in [-0.25, -0.2) is 4.98 Å². The third-order valence-corrected chi connectivity index (χ3v) is 4.86. The van der Waals surface area contributed by atoms with Gasteiger partial charge in [-0.1, -0.05) is 17.7 Å². The van der Waals surface area contributed by atoms with Crippen molar-refractivity contribution < 1.29 is 18.3 Å². The predicted octanol–water partition coefficient (Wildman–Crippen LogP) is 4.85. The Labute approximate surface area is 163 Å². The fraction of sp³-hybridized carbons (Fsp3) is 0.222. The normalized spacial score (nSPS) is 11.1. The van der Waals surface area contributed by atoms with Crippen LogP contribution in [0.1, 0.15) is 12.1 Å². The summed E-state index contributed by atoms with van der Waals surface area (Å²) in [6.07, 6.45) is 4.21. The summed E-state index contributed by atoms with van der Waals surface area (Å²) in [4.78, 5) is 16.5. The van der Waals surface area contributed by atoms with E-state index >= 15 is 0 Å². The number of ether oxygens (including phenoxy) is 1. The number of rotatable bonds is 8. The Morgan fingerprint density at radius 2 is 2.19 bits per heavy atom. The molecule has 0 radical (unpaired) electrons. The number of hydrogen-bond acceptors (Lipinski definition) is 4. The minimum atomic E-state index is -2.95. The molecule has 0 aliphatic heterocycles. The Morgan fingerprint density at radius 3 is 2.93 bits per heavy atom. The number of imidazole rings is 1. The number of fused-ring (bicyclic) bond motifs is 1. The number of amides is 1. The molecule has 0 atom stereocenters. The number of carbonyl (C=O) groups is 1. The number of carbonyl (C=O) groups excluding carboxylic acids is 1. The summed E-state index contributed by atoms with van der Waals surface area (Å²) in [5, 5.41) is 2.69. The summed E-state index contributed by atoms with van der Waals surface area (Å²) < 4.78 is 30.6. The van der Waals surface area contributed by atoms with Gasteiger partial charge in [0.15, 0.2) is 0 Å². The Kier molecular flexibility index (Phi) is 6.52. The predicted molar refractivity (Wildman–Crippen MR) is 103 cm³/mol. The van der Waals surface area contributed by atoms with Crippen LogP contribution in [0.5, 0.6) is 5.75 Å². The van der Waals surface area contributed by atoms with Crippen molar-refractivity contribution in [1.29, 1.82) is 0 Å². The van der Waals surface area contributed by atoms with Crippen LogP contribution in [0, 0.1) is 0 Å². The summed E-state index contributed by atoms with van der Waals surface area (Å²) in [5.41, 5.74) is 2.27. The van der Waals surface area contributed by atoms with Crippen molar-refractivity contribution in [2.75, 3.05) is 11.1 Å². The molecule has 3 rings (SSSR count). The first kappa shape index (κ1) is 19.4. The zero-order valence-corrected chi connectivity index (χ0v) is 15.6. The number of anilines is 1. The van der Waals surface area contributed by atoms with E-state index in [0.29, 0.717) is 23.6 Å². The molecule has 142 valence electrons. The number of pyridine rings is 1. The average molecular weight is 412 g/mol. The Bertz CT molecular complexity index is 903. The van der Waals surface area contributed by atoms with E-state index < -0.39 is 6.61 Å². The van der Waals surface area contributed by atoms with Crippen LogP contribution in [-0.2, 0) is 10.5 Å². The summed E-state index contributed by atoms with van der Waals surface area (Å²) >= 11 is 7.47. The highest BCUT2D eigenvalue weighted by molar-refractivity contribution is 7.98. The molecule has 3 aromatic rings. The molecule has 27 heavy (non-hydrogen) atoms. The number of nitrogens with one attached hydrogen (secondary N) is 1. The number of thioether (sulfide) groups is 1. The van der Waals surface area contributed by atoms with Crippen molar-refractivity contribution >= 4 is 40.6 Å². The molecule has 0 fully saturated rings. The van der Waals surface area contributed by atoms with E-state index in [4.69, 9.17) is 11.6 Å². The molecule has 2 aromatic heterocycles. The van der Waals surface area contributed by atoms with E-state index in [0.717, 1.165) is 11.3 Å². The largest absolute Gasteiger partial charge is 0.433 e. The molecule has 0 aliphatic carbocycles. The molecule has 1 N–H and O–H groups in total.